The standard InChI is InChI=1S/C19H25N5O3/c1-12(2)15-8-4-5-9-16(15)24-13(3)21-17(22-24)18(25)27-11-14-7-6-10-23(14)19(20)26/h4-5,8-9,12,14H,6-7,10-11H2,1-3H3,(H2,20,26). The second-order valence-electron chi connectivity index (χ2n) is 7.03. The first-order valence-electron chi connectivity index (χ1n) is 9.14. The number of hydrogen-bond donors (Lipinski definition) is 1. The zero-order valence-electron chi connectivity index (χ0n) is 15.9. The molecule has 144 valence electrons. The highest BCUT2D eigenvalue weighted by Crippen LogP contribution is 2.23. The number of rotatable bonds is 5. The third-order valence-electron chi connectivity index (χ3n) is 4.81. The van der Waals surface area contributed by atoms with Crippen LogP contribution in [0.2, 0.25) is 0 Å². The van der Waals surface area contributed by atoms with E-state index in [1.807, 2.05) is 24.3 Å². The number of hydrogen-bond acceptors (Lipinski definition) is 5. The van der Waals surface area contributed by atoms with Crippen LogP contribution in [0, 0.1) is 6.92 Å². The number of aryl methyl sites for hydroxylation is 1. The predicted molar refractivity (Wildman–Crippen MR) is 99.8 cm³/mol. The number of urea groups is 1. The van der Waals surface area contributed by atoms with Crippen LogP contribution in [-0.4, -0.2) is 50.9 Å². The molecule has 1 unspecified atom stereocenters. The maximum atomic E-state index is 12.4. The van der Waals surface area contributed by atoms with Crippen LogP contribution in [0.1, 0.15) is 54.6 Å². The number of para-hydroxylation sites is 1. The average Bonchev–Trinajstić information content (AvgIpc) is 3.26. The number of aromatic nitrogens is 3. The molecule has 1 fully saturated rings. The van der Waals surface area contributed by atoms with Gasteiger partial charge in [0.15, 0.2) is 0 Å². The van der Waals surface area contributed by atoms with Gasteiger partial charge in [-0.2, -0.15) is 0 Å². The van der Waals surface area contributed by atoms with Gasteiger partial charge in [0.1, 0.15) is 12.4 Å². The number of primary amides is 1. The Morgan fingerprint density at radius 1 is 1.33 bits per heavy atom. The molecule has 1 aromatic heterocycles. The first-order chi connectivity index (χ1) is 12.9. The first kappa shape index (κ1) is 18.9. The van der Waals surface area contributed by atoms with Crippen molar-refractivity contribution in [1.82, 2.24) is 19.7 Å². The van der Waals surface area contributed by atoms with E-state index in [0.29, 0.717) is 18.3 Å². The van der Waals surface area contributed by atoms with E-state index in [-0.39, 0.29) is 18.5 Å². The van der Waals surface area contributed by atoms with Crippen LogP contribution in [-0.2, 0) is 4.74 Å². The van der Waals surface area contributed by atoms with Crippen LogP contribution in [0.4, 0.5) is 4.79 Å². The fourth-order valence-corrected chi connectivity index (χ4v) is 3.41. The number of likely N-dealkylation sites (tertiary alicyclic amines) is 1. The van der Waals surface area contributed by atoms with E-state index in [2.05, 4.69) is 23.9 Å². The Hall–Kier alpha value is -2.90. The molecule has 0 saturated carbocycles. The maximum absolute atomic E-state index is 12.4. The van der Waals surface area contributed by atoms with Gasteiger partial charge in [0.2, 0.25) is 0 Å². The minimum atomic E-state index is -0.602. The Kier molecular flexibility index (Phi) is 5.43. The summed E-state index contributed by atoms with van der Waals surface area (Å²) in [6, 6.07) is 7.23. The molecule has 1 aliphatic rings. The van der Waals surface area contributed by atoms with Crippen molar-refractivity contribution in [1.29, 1.82) is 0 Å². The molecule has 1 atom stereocenters. The van der Waals surface area contributed by atoms with Crippen molar-refractivity contribution < 1.29 is 14.3 Å². The van der Waals surface area contributed by atoms with Gasteiger partial charge in [-0.1, -0.05) is 32.0 Å². The molecular formula is C19H25N5O3. The Labute approximate surface area is 158 Å². The van der Waals surface area contributed by atoms with Gasteiger partial charge in [0.25, 0.3) is 5.82 Å². The molecule has 0 spiro atoms. The van der Waals surface area contributed by atoms with E-state index in [0.717, 1.165) is 24.1 Å². The SMILES string of the molecule is Cc1nc(C(=O)OCC2CCCN2C(N)=O)nn1-c1ccccc1C(C)C. The second-order valence-corrected chi connectivity index (χ2v) is 7.03. The van der Waals surface area contributed by atoms with Crippen molar-refractivity contribution >= 4 is 12.0 Å². The van der Waals surface area contributed by atoms with Gasteiger partial charge >= 0.3 is 12.0 Å². The lowest BCUT2D eigenvalue weighted by Gasteiger charge is -2.21. The van der Waals surface area contributed by atoms with Crippen LogP contribution in [0.25, 0.3) is 5.69 Å². The molecule has 27 heavy (non-hydrogen) atoms. The molecule has 1 aliphatic heterocycles. The maximum Gasteiger partial charge on any atom is 0.378 e. The number of ether oxygens (including phenoxy) is 1. The third-order valence-corrected chi connectivity index (χ3v) is 4.81. The highest BCUT2D eigenvalue weighted by atomic mass is 16.5. The zero-order valence-corrected chi connectivity index (χ0v) is 15.9. The number of esters is 1. The van der Waals surface area contributed by atoms with Crippen LogP contribution in [0.3, 0.4) is 0 Å². The summed E-state index contributed by atoms with van der Waals surface area (Å²) in [6.45, 7) is 6.69. The monoisotopic (exact) mass is 371 g/mol. The Bertz CT molecular complexity index is 846. The molecule has 0 radical (unpaired) electrons. The van der Waals surface area contributed by atoms with E-state index in [4.69, 9.17) is 10.5 Å². The molecule has 2 N–H and O–H groups in total. The third kappa shape index (κ3) is 3.94. The molecule has 0 bridgehead atoms. The van der Waals surface area contributed by atoms with E-state index >= 15 is 0 Å². The molecule has 8 heteroatoms. The highest BCUT2D eigenvalue weighted by molar-refractivity contribution is 5.85. The number of carbonyl (C=O) groups excluding carboxylic acids is 2. The summed E-state index contributed by atoms with van der Waals surface area (Å²) in [5, 5.41) is 4.35. The van der Waals surface area contributed by atoms with Crippen molar-refractivity contribution in [3.05, 3.63) is 41.5 Å². The van der Waals surface area contributed by atoms with Gasteiger partial charge in [-0.05, 0) is 37.3 Å². The van der Waals surface area contributed by atoms with E-state index in [1.54, 1.807) is 11.6 Å². The van der Waals surface area contributed by atoms with Crippen molar-refractivity contribution in [3.8, 4) is 5.69 Å². The number of nitrogens with two attached hydrogens (primary N) is 1. The normalized spacial score (nSPS) is 16.7. The van der Waals surface area contributed by atoms with E-state index < -0.39 is 12.0 Å². The van der Waals surface area contributed by atoms with Crippen molar-refractivity contribution in [2.45, 2.75) is 45.6 Å². The first-order valence-corrected chi connectivity index (χ1v) is 9.14. The van der Waals surface area contributed by atoms with Gasteiger partial charge in [-0.3, -0.25) is 0 Å². The lowest BCUT2D eigenvalue weighted by atomic mass is 10.0. The Morgan fingerprint density at radius 3 is 2.78 bits per heavy atom. The number of amides is 2. The largest absolute Gasteiger partial charge is 0.458 e. The summed E-state index contributed by atoms with van der Waals surface area (Å²) in [6.07, 6.45) is 1.61. The zero-order chi connectivity index (χ0) is 19.6. The quantitative estimate of drug-likeness (QED) is 0.813. The summed E-state index contributed by atoms with van der Waals surface area (Å²) >= 11 is 0. The minimum Gasteiger partial charge on any atom is -0.458 e. The van der Waals surface area contributed by atoms with Gasteiger partial charge in [0.05, 0.1) is 11.7 Å². The Balaban J connectivity index is 1.75. The summed E-state index contributed by atoms with van der Waals surface area (Å²) < 4.78 is 7.01. The average molecular weight is 371 g/mol. The number of benzene rings is 1. The van der Waals surface area contributed by atoms with Gasteiger partial charge < -0.3 is 15.4 Å². The molecule has 1 saturated heterocycles. The molecular weight excluding hydrogens is 346 g/mol. The number of nitrogens with zero attached hydrogens (tertiary/aromatic N) is 4. The van der Waals surface area contributed by atoms with Crippen LogP contribution in [0.15, 0.2) is 24.3 Å². The van der Waals surface area contributed by atoms with E-state index in [1.165, 1.54) is 4.90 Å². The minimum absolute atomic E-state index is 0.00896. The second kappa shape index (κ2) is 7.77. The van der Waals surface area contributed by atoms with Crippen LogP contribution < -0.4 is 5.73 Å². The van der Waals surface area contributed by atoms with Gasteiger partial charge in [0, 0.05) is 6.54 Å². The van der Waals surface area contributed by atoms with Crippen molar-refractivity contribution in [2.24, 2.45) is 5.73 Å². The molecule has 0 aliphatic carbocycles. The smallest absolute Gasteiger partial charge is 0.378 e. The summed E-state index contributed by atoms with van der Waals surface area (Å²) in [4.78, 5) is 29.6. The predicted octanol–water partition coefficient (Wildman–Crippen LogP) is 2.40. The summed E-state index contributed by atoms with van der Waals surface area (Å²) in [5.74, 6) is 0.321. The summed E-state index contributed by atoms with van der Waals surface area (Å²) in [7, 11) is 0. The molecule has 3 rings (SSSR count). The lowest BCUT2D eigenvalue weighted by molar-refractivity contribution is 0.0408. The number of carbonyl (C=O) groups is 2. The molecule has 2 heterocycles. The lowest BCUT2D eigenvalue weighted by Crippen LogP contribution is -2.42. The molecule has 2 aromatic rings. The van der Waals surface area contributed by atoms with Gasteiger partial charge in [-0.15, -0.1) is 5.10 Å². The van der Waals surface area contributed by atoms with Crippen molar-refractivity contribution in [3.63, 3.8) is 0 Å². The molecule has 2 amide bonds. The van der Waals surface area contributed by atoms with Crippen molar-refractivity contribution in [2.75, 3.05) is 13.2 Å². The fourth-order valence-electron chi connectivity index (χ4n) is 3.41. The fraction of sp³-hybridized carbons (Fsp3) is 0.474. The van der Waals surface area contributed by atoms with E-state index in [9.17, 15) is 9.59 Å². The molecule has 8 nitrogen and oxygen atoms in total. The van der Waals surface area contributed by atoms with Crippen LogP contribution in [0.5, 0.6) is 0 Å². The Morgan fingerprint density at radius 2 is 2.07 bits per heavy atom. The molecule has 1 aromatic carbocycles. The summed E-state index contributed by atoms with van der Waals surface area (Å²) in [5.41, 5.74) is 7.36. The van der Waals surface area contributed by atoms with Crippen LogP contribution >= 0.6 is 0 Å². The highest BCUT2D eigenvalue weighted by Gasteiger charge is 2.29. The topological polar surface area (TPSA) is 103 Å². The van der Waals surface area contributed by atoms with Gasteiger partial charge in [-0.25, -0.2) is 19.3 Å².